The van der Waals surface area contributed by atoms with Gasteiger partial charge in [-0.2, -0.15) is 0 Å². The fourth-order valence-electron chi connectivity index (χ4n) is 3.89. The zero-order valence-corrected chi connectivity index (χ0v) is 17.1. The van der Waals surface area contributed by atoms with Crippen molar-refractivity contribution < 1.29 is 13.6 Å². The number of nitrogens with zero attached hydrogens (tertiary/aromatic N) is 4. The van der Waals surface area contributed by atoms with Gasteiger partial charge in [-0.05, 0) is 44.0 Å². The summed E-state index contributed by atoms with van der Waals surface area (Å²) in [6, 6.07) is 6.68. The highest BCUT2D eigenvalue weighted by Gasteiger charge is 2.27. The van der Waals surface area contributed by atoms with Crippen molar-refractivity contribution in [1.29, 1.82) is 0 Å². The van der Waals surface area contributed by atoms with Crippen molar-refractivity contribution in [2.24, 2.45) is 0 Å². The van der Waals surface area contributed by atoms with Crippen molar-refractivity contribution in [3.8, 4) is 11.4 Å². The summed E-state index contributed by atoms with van der Waals surface area (Å²) in [5.41, 5.74) is 2.77. The molecular weight excluding hydrogens is 398 g/mol. The summed E-state index contributed by atoms with van der Waals surface area (Å²) in [5.74, 6) is -1.09. The molecule has 1 aromatic carbocycles. The number of carbonyl (C=O) groups is 1. The SMILES string of the molecule is C/C=C/c1cnc(-c2cccnc2)nc1C1CCN(C(=O)c2cc(F)cc(F)c2)CC1. The van der Waals surface area contributed by atoms with Crippen molar-refractivity contribution in [2.45, 2.75) is 25.7 Å². The van der Waals surface area contributed by atoms with Crippen molar-refractivity contribution in [3.05, 3.63) is 83.5 Å². The molecule has 7 heteroatoms. The zero-order valence-electron chi connectivity index (χ0n) is 17.1. The van der Waals surface area contributed by atoms with Gasteiger partial charge in [0.1, 0.15) is 11.6 Å². The van der Waals surface area contributed by atoms with Crippen molar-refractivity contribution in [3.63, 3.8) is 0 Å². The van der Waals surface area contributed by atoms with Crippen LogP contribution in [0.15, 0.2) is 55.0 Å². The number of hydrogen-bond donors (Lipinski definition) is 0. The Bertz CT molecular complexity index is 1090. The van der Waals surface area contributed by atoms with Gasteiger partial charge >= 0.3 is 0 Å². The summed E-state index contributed by atoms with van der Waals surface area (Å²) in [6.07, 6.45) is 10.6. The van der Waals surface area contributed by atoms with Crippen molar-refractivity contribution in [2.75, 3.05) is 13.1 Å². The molecule has 0 radical (unpaired) electrons. The van der Waals surface area contributed by atoms with Crippen molar-refractivity contribution in [1.82, 2.24) is 19.9 Å². The topological polar surface area (TPSA) is 59.0 Å². The molecule has 0 aliphatic carbocycles. The highest BCUT2D eigenvalue weighted by molar-refractivity contribution is 5.94. The maximum absolute atomic E-state index is 13.5. The maximum atomic E-state index is 13.5. The van der Waals surface area contributed by atoms with Gasteiger partial charge in [-0.25, -0.2) is 18.7 Å². The minimum absolute atomic E-state index is 0.0338. The number of carbonyl (C=O) groups excluding carboxylic acids is 1. The fraction of sp³-hybridized carbons (Fsp3) is 0.250. The predicted octanol–water partition coefficient (Wildman–Crippen LogP) is 4.87. The van der Waals surface area contributed by atoms with Crippen LogP contribution >= 0.6 is 0 Å². The molecule has 0 N–H and O–H groups in total. The van der Waals surface area contributed by atoms with Gasteiger partial charge in [0, 0.05) is 60.4 Å². The minimum atomic E-state index is -0.752. The molecule has 1 fully saturated rings. The lowest BCUT2D eigenvalue weighted by Gasteiger charge is -2.32. The first kappa shape index (κ1) is 20.8. The Morgan fingerprint density at radius 2 is 1.87 bits per heavy atom. The van der Waals surface area contributed by atoms with Gasteiger partial charge in [0.05, 0.1) is 5.69 Å². The van der Waals surface area contributed by atoms with Crippen LogP contribution in [0.3, 0.4) is 0 Å². The third kappa shape index (κ3) is 4.66. The molecule has 1 amide bonds. The van der Waals surface area contributed by atoms with E-state index in [2.05, 4.69) is 9.97 Å². The third-order valence-corrected chi connectivity index (χ3v) is 5.39. The zero-order chi connectivity index (χ0) is 21.8. The number of piperidine rings is 1. The predicted molar refractivity (Wildman–Crippen MR) is 114 cm³/mol. The Balaban J connectivity index is 1.54. The van der Waals surface area contributed by atoms with Gasteiger partial charge in [-0.15, -0.1) is 0 Å². The third-order valence-electron chi connectivity index (χ3n) is 5.39. The highest BCUT2D eigenvalue weighted by atomic mass is 19.1. The van der Waals surface area contributed by atoms with E-state index in [1.807, 2.05) is 37.4 Å². The Hall–Kier alpha value is -3.48. The van der Waals surface area contributed by atoms with Crippen LogP contribution in [-0.2, 0) is 0 Å². The van der Waals surface area contributed by atoms with Gasteiger partial charge in [0.15, 0.2) is 5.82 Å². The van der Waals surface area contributed by atoms with Crippen LogP contribution in [-0.4, -0.2) is 38.8 Å². The quantitative estimate of drug-likeness (QED) is 0.604. The van der Waals surface area contributed by atoms with Crippen LogP contribution in [0.25, 0.3) is 17.5 Å². The molecule has 3 aromatic rings. The lowest BCUT2D eigenvalue weighted by atomic mass is 9.90. The fourth-order valence-corrected chi connectivity index (χ4v) is 3.89. The summed E-state index contributed by atoms with van der Waals surface area (Å²) in [4.78, 5) is 27.8. The molecule has 3 heterocycles. The van der Waals surface area contributed by atoms with E-state index in [0.717, 1.165) is 35.0 Å². The Kier molecular flexibility index (Phi) is 6.11. The van der Waals surface area contributed by atoms with E-state index in [9.17, 15) is 13.6 Å². The average molecular weight is 420 g/mol. The Labute approximate surface area is 179 Å². The molecule has 4 rings (SSSR count). The first-order valence-corrected chi connectivity index (χ1v) is 10.2. The number of benzene rings is 1. The van der Waals surface area contributed by atoms with Crippen LogP contribution in [0.1, 0.15) is 47.3 Å². The maximum Gasteiger partial charge on any atom is 0.254 e. The van der Waals surface area contributed by atoms with E-state index in [4.69, 9.17) is 4.98 Å². The van der Waals surface area contributed by atoms with E-state index in [0.29, 0.717) is 31.8 Å². The standard InChI is InChI=1S/C24H22F2N4O/c1-2-4-17-15-28-23(18-5-3-8-27-14-18)29-22(17)16-6-9-30(10-7-16)24(31)19-11-20(25)13-21(26)12-19/h2-5,8,11-16H,6-7,9-10H2,1H3/b4-2+. The number of rotatable bonds is 4. The molecule has 1 saturated heterocycles. The molecule has 1 aliphatic rings. The molecular formula is C24H22F2N4O. The monoisotopic (exact) mass is 420 g/mol. The lowest BCUT2D eigenvalue weighted by molar-refractivity contribution is 0.0711. The number of aromatic nitrogens is 3. The molecule has 0 bridgehead atoms. The van der Waals surface area contributed by atoms with E-state index in [1.54, 1.807) is 17.3 Å². The summed E-state index contributed by atoms with van der Waals surface area (Å²) < 4.78 is 27.0. The normalized spacial score (nSPS) is 14.9. The van der Waals surface area contributed by atoms with Gasteiger partial charge in [0.2, 0.25) is 0 Å². The molecule has 31 heavy (non-hydrogen) atoms. The Morgan fingerprint density at radius 1 is 1.13 bits per heavy atom. The number of amides is 1. The molecule has 158 valence electrons. The number of pyridine rings is 1. The number of allylic oxidation sites excluding steroid dienone is 1. The number of likely N-dealkylation sites (tertiary alicyclic amines) is 1. The number of hydrogen-bond acceptors (Lipinski definition) is 4. The number of halogens is 2. The second-order valence-electron chi connectivity index (χ2n) is 7.50. The molecule has 0 unspecified atom stereocenters. The van der Waals surface area contributed by atoms with Crippen LogP contribution in [0.4, 0.5) is 8.78 Å². The minimum Gasteiger partial charge on any atom is -0.339 e. The highest BCUT2D eigenvalue weighted by Crippen LogP contribution is 2.31. The van der Waals surface area contributed by atoms with Crippen molar-refractivity contribution >= 4 is 12.0 Å². The largest absolute Gasteiger partial charge is 0.339 e. The molecule has 0 saturated carbocycles. The first-order chi connectivity index (χ1) is 15.0. The van der Waals surface area contributed by atoms with Gasteiger partial charge in [0.25, 0.3) is 5.91 Å². The lowest BCUT2D eigenvalue weighted by Crippen LogP contribution is -2.38. The Morgan fingerprint density at radius 3 is 2.52 bits per heavy atom. The summed E-state index contributed by atoms with van der Waals surface area (Å²) >= 11 is 0. The molecule has 0 atom stereocenters. The second-order valence-corrected chi connectivity index (χ2v) is 7.50. The van der Waals surface area contributed by atoms with E-state index >= 15 is 0 Å². The second kappa shape index (κ2) is 9.12. The molecule has 1 aliphatic heterocycles. The van der Waals surface area contributed by atoms with E-state index in [-0.39, 0.29) is 17.4 Å². The van der Waals surface area contributed by atoms with E-state index < -0.39 is 11.6 Å². The summed E-state index contributed by atoms with van der Waals surface area (Å²) in [6.45, 7) is 2.92. The smallest absolute Gasteiger partial charge is 0.254 e. The van der Waals surface area contributed by atoms with Gasteiger partial charge in [-0.1, -0.05) is 12.2 Å². The van der Waals surface area contributed by atoms with Crippen LogP contribution in [0.5, 0.6) is 0 Å². The van der Waals surface area contributed by atoms with Gasteiger partial charge < -0.3 is 4.90 Å². The molecule has 0 spiro atoms. The van der Waals surface area contributed by atoms with Crippen LogP contribution in [0.2, 0.25) is 0 Å². The van der Waals surface area contributed by atoms with Gasteiger partial charge in [-0.3, -0.25) is 9.78 Å². The van der Waals surface area contributed by atoms with Crippen LogP contribution < -0.4 is 0 Å². The molecule has 2 aromatic heterocycles. The molecule has 5 nitrogen and oxygen atoms in total. The first-order valence-electron chi connectivity index (χ1n) is 10.2. The average Bonchev–Trinajstić information content (AvgIpc) is 2.79. The van der Waals surface area contributed by atoms with E-state index in [1.165, 1.54) is 0 Å². The summed E-state index contributed by atoms with van der Waals surface area (Å²) in [5, 5.41) is 0. The summed E-state index contributed by atoms with van der Waals surface area (Å²) in [7, 11) is 0. The van der Waals surface area contributed by atoms with Crippen LogP contribution in [0, 0.1) is 11.6 Å².